The molecule has 0 bridgehead atoms. The monoisotopic (exact) mass is 320 g/mol. The molecule has 20 heavy (non-hydrogen) atoms. The summed E-state index contributed by atoms with van der Waals surface area (Å²) < 4.78 is 0. The van der Waals surface area contributed by atoms with E-state index in [4.69, 9.17) is 11.6 Å². The quantitative estimate of drug-likeness (QED) is 0.410. The topological polar surface area (TPSA) is 42.9 Å². The first-order chi connectivity index (χ1) is 9.69. The maximum absolute atomic E-state index is 12.5. The fourth-order valence-electron chi connectivity index (χ4n) is 1.80. The molecular formula is C14H9ClN2OS2. The fraction of sp³-hybridized carbons (Fsp3) is 0.0714. The van der Waals surface area contributed by atoms with E-state index >= 15 is 0 Å². The molecule has 0 N–H and O–H groups in total. The minimum absolute atomic E-state index is 0.0794. The van der Waals surface area contributed by atoms with Crippen LogP contribution in [0.3, 0.4) is 0 Å². The first kappa shape index (κ1) is 13.5. The van der Waals surface area contributed by atoms with Gasteiger partial charge in [0.2, 0.25) is 5.78 Å². The molecule has 3 rings (SSSR count). The number of benzene rings is 1. The molecule has 0 aliphatic carbocycles. The van der Waals surface area contributed by atoms with Crippen molar-refractivity contribution in [2.75, 3.05) is 6.26 Å². The van der Waals surface area contributed by atoms with Crippen molar-refractivity contribution in [3.8, 4) is 0 Å². The third kappa shape index (κ3) is 2.44. The van der Waals surface area contributed by atoms with Gasteiger partial charge in [0.05, 0.1) is 9.90 Å². The number of fused-ring (bicyclic) bond motifs is 1. The zero-order chi connectivity index (χ0) is 14.1. The van der Waals surface area contributed by atoms with Gasteiger partial charge >= 0.3 is 0 Å². The summed E-state index contributed by atoms with van der Waals surface area (Å²) in [5, 5.41) is 2.05. The maximum atomic E-state index is 12.5. The summed E-state index contributed by atoms with van der Waals surface area (Å²) in [5.74, 6) is -0.0794. The molecule has 1 aromatic carbocycles. The number of hydrogen-bond donors (Lipinski definition) is 0. The zero-order valence-electron chi connectivity index (χ0n) is 10.5. The molecule has 0 atom stereocenters. The summed E-state index contributed by atoms with van der Waals surface area (Å²) in [6, 6.07) is 8.87. The van der Waals surface area contributed by atoms with Gasteiger partial charge in [-0.3, -0.25) is 4.79 Å². The largest absolute Gasteiger partial charge is 0.288 e. The lowest BCUT2D eigenvalue weighted by molar-refractivity contribution is 0.104. The first-order valence-corrected chi connectivity index (χ1v) is 8.21. The Balaban J connectivity index is 2.06. The molecule has 3 nitrogen and oxygen atoms in total. The average Bonchev–Trinajstić information content (AvgIpc) is 2.89. The molecule has 2 heterocycles. The Hall–Kier alpha value is -1.43. The lowest BCUT2D eigenvalue weighted by Crippen LogP contribution is -1.98. The SMILES string of the molecule is CSc1ncc2cc(C(=O)c3ccccc3Cl)sc2n1. The van der Waals surface area contributed by atoms with Gasteiger partial charge in [-0.15, -0.1) is 11.3 Å². The van der Waals surface area contributed by atoms with E-state index in [-0.39, 0.29) is 5.78 Å². The van der Waals surface area contributed by atoms with Gasteiger partial charge in [0.25, 0.3) is 0 Å². The highest BCUT2D eigenvalue weighted by Crippen LogP contribution is 2.28. The molecular weight excluding hydrogens is 312 g/mol. The normalized spacial score (nSPS) is 10.9. The average molecular weight is 321 g/mol. The number of nitrogens with zero attached hydrogens (tertiary/aromatic N) is 2. The van der Waals surface area contributed by atoms with E-state index in [1.807, 2.05) is 12.3 Å². The highest BCUT2D eigenvalue weighted by Gasteiger charge is 2.16. The number of carbonyl (C=O) groups is 1. The van der Waals surface area contributed by atoms with Crippen LogP contribution in [0, 0.1) is 0 Å². The van der Waals surface area contributed by atoms with E-state index in [2.05, 4.69) is 9.97 Å². The van der Waals surface area contributed by atoms with E-state index in [0.29, 0.717) is 20.6 Å². The van der Waals surface area contributed by atoms with Crippen LogP contribution in [0.1, 0.15) is 15.2 Å². The lowest BCUT2D eigenvalue weighted by atomic mass is 10.1. The van der Waals surface area contributed by atoms with Crippen LogP contribution < -0.4 is 0 Å². The molecule has 2 aromatic heterocycles. The second-order valence-electron chi connectivity index (χ2n) is 4.04. The summed E-state index contributed by atoms with van der Waals surface area (Å²) in [4.78, 5) is 22.5. The maximum Gasteiger partial charge on any atom is 0.204 e. The molecule has 0 unspecified atom stereocenters. The van der Waals surface area contributed by atoms with E-state index in [1.54, 1.807) is 30.5 Å². The Bertz CT molecular complexity index is 801. The number of thioether (sulfide) groups is 1. The number of thiophene rings is 1. The lowest BCUT2D eigenvalue weighted by Gasteiger charge is -1.99. The Kier molecular flexibility index (Phi) is 3.74. The van der Waals surface area contributed by atoms with Crippen molar-refractivity contribution in [1.82, 2.24) is 9.97 Å². The second kappa shape index (κ2) is 5.52. The molecule has 0 amide bonds. The number of halogens is 1. The number of carbonyl (C=O) groups excluding carboxylic acids is 1. The van der Waals surface area contributed by atoms with Crippen LogP contribution in [-0.4, -0.2) is 22.0 Å². The molecule has 0 saturated carbocycles. The van der Waals surface area contributed by atoms with E-state index in [9.17, 15) is 4.79 Å². The second-order valence-corrected chi connectivity index (χ2v) is 6.25. The molecule has 100 valence electrons. The third-order valence-corrected chi connectivity index (χ3v) is 4.71. The highest BCUT2D eigenvalue weighted by molar-refractivity contribution is 7.98. The smallest absolute Gasteiger partial charge is 0.204 e. The Morgan fingerprint density at radius 2 is 2.15 bits per heavy atom. The summed E-state index contributed by atoms with van der Waals surface area (Å²) in [5.41, 5.74) is 0.513. The summed E-state index contributed by atoms with van der Waals surface area (Å²) in [6.07, 6.45) is 3.67. The van der Waals surface area contributed by atoms with Crippen LogP contribution in [0.2, 0.25) is 5.02 Å². The minimum atomic E-state index is -0.0794. The van der Waals surface area contributed by atoms with E-state index in [0.717, 1.165) is 10.2 Å². The molecule has 0 saturated heterocycles. The minimum Gasteiger partial charge on any atom is -0.288 e. The standard InChI is InChI=1S/C14H9ClN2OS2/c1-19-14-16-7-8-6-11(20-13(8)17-14)12(18)9-4-2-3-5-10(9)15/h2-7H,1H3. The number of ketones is 1. The Morgan fingerprint density at radius 3 is 2.90 bits per heavy atom. The van der Waals surface area contributed by atoms with E-state index < -0.39 is 0 Å². The summed E-state index contributed by atoms with van der Waals surface area (Å²) in [7, 11) is 0. The van der Waals surface area contributed by atoms with E-state index in [1.165, 1.54) is 23.1 Å². The molecule has 0 aliphatic rings. The summed E-state index contributed by atoms with van der Waals surface area (Å²) in [6.45, 7) is 0. The number of aromatic nitrogens is 2. The van der Waals surface area contributed by atoms with Gasteiger partial charge in [-0.25, -0.2) is 9.97 Å². The summed E-state index contributed by atoms with van der Waals surface area (Å²) >= 11 is 8.91. The predicted molar refractivity (Wildman–Crippen MR) is 84.1 cm³/mol. The van der Waals surface area contributed by atoms with Crippen LogP contribution in [-0.2, 0) is 0 Å². The Labute approximate surface area is 129 Å². The molecule has 6 heteroatoms. The van der Waals surface area contributed by atoms with Gasteiger partial charge in [-0.2, -0.15) is 0 Å². The first-order valence-electron chi connectivity index (χ1n) is 5.79. The molecule has 0 radical (unpaired) electrons. The van der Waals surface area contributed by atoms with Gasteiger partial charge in [0.15, 0.2) is 5.16 Å². The predicted octanol–water partition coefficient (Wildman–Crippen LogP) is 4.30. The Morgan fingerprint density at radius 1 is 1.35 bits per heavy atom. The van der Waals surface area contributed by atoms with Crippen LogP contribution in [0.15, 0.2) is 41.7 Å². The molecule has 0 spiro atoms. The zero-order valence-corrected chi connectivity index (χ0v) is 12.9. The van der Waals surface area contributed by atoms with Gasteiger partial charge < -0.3 is 0 Å². The van der Waals surface area contributed by atoms with Crippen LogP contribution in [0.5, 0.6) is 0 Å². The van der Waals surface area contributed by atoms with Crippen molar-refractivity contribution in [2.24, 2.45) is 0 Å². The van der Waals surface area contributed by atoms with Gasteiger partial charge in [-0.1, -0.05) is 35.5 Å². The molecule has 3 aromatic rings. The highest BCUT2D eigenvalue weighted by atomic mass is 35.5. The van der Waals surface area contributed by atoms with Crippen LogP contribution in [0.25, 0.3) is 10.2 Å². The van der Waals surface area contributed by atoms with Gasteiger partial charge in [-0.05, 0) is 24.5 Å². The van der Waals surface area contributed by atoms with Gasteiger partial charge in [0.1, 0.15) is 4.83 Å². The number of rotatable bonds is 3. The van der Waals surface area contributed by atoms with Crippen LogP contribution in [0.4, 0.5) is 0 Å². The van der Waals surface area contributed by atoms with Gasteiger partial charge in [0, 0.05) is 17.1 Å². The number of hydrogen-bond acceptors (Lipinski definition) is 5. The van der Waals surface area contributed by atoms with Crippen molar-refractivity contribution < 1.29 is 4.79 Å². The fourth-order valence-corrected chi connectivity index (χ4v) is 3.38. The molecule has 0 fully saturated rings. The van der Waals surface area contributed by atoms with Crippen LogP contribution >= 0.6 is 34.7 Å². The van der Waals surface area contributed by atoms with Crippen molar-refractivity contribution in [2.45, 2.75) is 5.16 Å². The van der Waals surface area contributed by atoms with Crippen molar-refractivity contribution >= 4 is 50.7 Å². The molecule has 0 aliphatic heterocycles. The third-order valence-electron chi connectivity index (χ3n) is 2.78. The van der Waals surface area contributed by atoms with Crippen molar-refractivity contribution in [3.05, 3.63) is 52.0 Å². The van der Waals surface area contributed by atoms with Crippen molar-refractivity contribution in [3.63, 3.8) is 0 Å². The van der Waals surface area contributed by atoms with Crippen molar-refractivity contribution in [1.29, 1.82) is 0 Å².